The van der Waals surface area contributed by atoms with Crippen LogP contribution in [0.5, 0.6) is 0 Å². The first-order valence-corrected chi connectivity index (χ1v) is 21.2. The van der Waals surface area contributed by atoms with E-state index in [0.717, 1.165) is 55.5 Å². The lowest BCUT2D eigenvalue weighted by Crippen LogP contribution is -2.10. The van der Waals surface area contributed by atoms with E-state index in [1.54, 1.807) is 0 Å². The van der Waals surface area contributed by atoms with Crippen molar-refractivity contribution in [3.63, 3.8) is 0 Å². The average Bonchev–Trinajstić information content (AvgIpc) is 3.74. The third kappa shape index (κ3) is 6.29. The van der Waals surface area contributed by atoms with Gasteiger partial charge in [0.1, 0.15) is 11.2 Å². The Bertz CT molecular complexity index is 3630. The Balaban J connectivity index is 0.952. The monoisotopic (exact) mass is 789 g/mol. The fourth-order valence-electron chi connectivity index (χ4n) is 9.27. The van der Waals surface area contributed by atoms with Crippen molar-refractivity contribution in [1.82, 2.24) is 0 Å². The fourth-order valence-corrected chi connectivity index (χ4v) is 9.27. The van der Waals surface area contributed by atoms with Gasteiger partial charge in [0.25, 0.3) is 0 Å². The normalized spacial score (nSPS) is 11.5. The summed E-state index contributed by atoms with van der Waals surface area (Å²) in [6.45, 7) is 0. The van der Waals surface area contributed by atoms with Gasteiger partial charge in [0, 0.05) is 33.2 Å². The van der Waals surface area contributed by atoms with Gasteiger partial charge in [-0.3, -0.25) is 0 Å². The predicted molar refractivity (Wildman–Crippen MR) is 263 cm³/mol. The van der Waals surface area contributed by atoms with Crippen LogP contribution in [0.1, 0.15) is 0 Å². The maximum absolute atomic E-state index is 6.61. The van der Waals surface area contributed by atoms with E-state index in [9.17, 15) is 0 Å². The van der Waals surface area contributed by atoms with Crippen molar-refractivity contribution < 1.29 is 4.42 Å². The van der Waals surface area contributed by atoms with Crippen molar-refractivity contribution >= 4 is 71.3 Å². The molecule has 0 unspecified atom stereocenters. The minimum atomic E-state index is 0.889. The van der Waals surface area contributed by atoms with Gasteiger partial charge >= 0.3 is 0 Å². The summed E-state index contributed by atoms with van der Waals surface area (Å²) in [5.74, 6) is 0. The summed E-state index contributed by atoms with van der Waals surface area (Å²) in [6, 6.07) is 85.5. The van der Waals surface area contributed by atoms with Gasteiger partial charge in [0.15, 0.2) is 0 Å². The number of furan rings is 1. The zero-order valence-electron chi connectivity index (χ0n) is 33.9. The molecule has 1 aromatic heterocycles. The van der Waals surface area contributed by atoms with Gasteiger partial charge in [-0.15, -0.1) is 0 Å². The molecule has 0 aliphatic rings. The summed E-state index contributed by atoms with van der Waals surface area (Å²) >= 11 is 0. The second kappa shape index (κ2) is 14.8. The zero-order chi connectivity index (χ0) is 41.0. The van der Waals surface area contributed by atoms with Gasteiger partial charge < -0.3 is 9.32 Å². The van der Waals surface area contributed by atoms with E-state index in [0.29, 0.717) is 0 Å². The fraction of sp³-hybridized carbons (Fsp3) is 0. The quantitative estimate of drug-likeness (QED) is 0.160. The molecule has 12 rings (SSSR count). The van der Waals surface area contributed by atoms with Gasteiger partial charge in [-0.05, 0) is 132 Å². The highest BCUT2D eigenvalue weighted by Gasteiger charge is 2.18. The highest BCUT2D eigenvalue weighted by molar-refractivity contribution is 6.19. The van der Waals surface area contributed by atoms with E-state index >= 15 is 0 Å². The summed E-state index contributed by atoms with van der Waals surface area (Å²) < 4.78 is 6.61. The van der Waals surface area contributed by atoms with Gasteiger partial charge in [0.05, 0.1) is 0 Å². The molecule has 0 saturated carbocycles. The maximum atomic E-state index is 6.61. The molecule has 2 heteroatoms. The van der Waals surface area contributed by atoms with Crippen LogP contribution in [-0.4, -0.2) is 0 Å². The Hall–Kier alpha value is -8.20. The van der Waals surface area contributed by atoms with Gasteiger partial charge in [0.2, 0.25) is 0 Å². The third-order valence-electron chi connectivity index (χ3n) is 12.4. The van der Waals surface area contributed by atoms with Crippen LogP contribution in [0.3, 0.4) is 0 Å². The molecule has 290 valence electrons. The number of hydrogen-bond donors (Lipinski definition) is 0. The first kappa shape index (κ1) is 35.7. The molecule has 2 nitrogen and oxygen atoms in total. The van der Waals surface area contributed by atoms with Crippen molar-refractivity contribution in [2.45, 2.75) is 0 Å². The van der Waals surface area contributed by atoms with Crippen LogP contribution >= 0.6 is 0 Å². The third-order valence-corrected chi connectivity index (χ3v) is 12.4. The molecule has 11 aromatic carbocycles. The Kier molecular flexibility index (Phi) is 8.53. The number of hydrogen-bond acceptors (Lipinski definition) is 2. The van der Waals surface area contributed by atoms with Gasteiger partial charge in [-0.1, -0.05) is 176 Å². The van der Waals surface area contributed by atoms with Crippen LogP contribution in [0.2, 0.25) is 0 Å². The summed E-state index contributed by atoms with van der Waals surface area (Å²) in [7, 11) is 0. The van der Waals surface area contributed by atoms with Crippen LogP contribution in [-0.2, 0) is 0 Å². The molecule has 62 heavy (non-hydrogen) atoms. The Morgan fingerprint density at radius 1 is 0.274 bits per heavy atom. The van der Waals surface area contributed by atoms with E-state index < -0.39 is 0 Å². The molecule has 0 aliphatic heterocycles. The molecule has 0 fully saturated rings. The number of benzene rings is 11. The lowest BCUT2D eigenvalue weighted by atomic mass is 9.97. The largest absolute Gasteiger partial charge is 0.455 e. The van der Waals surface area contributed by atoms with E-state index in [1.165, 1.54) is 60.3 Å². The maximum Gasteiger partial charge on any atom is 0.143 e. The smallest absolute Gasteiger partial charge is 0.143 e. The van der Waals surface area contributed by atoms with E-state index in [1.807, 2.05) is 0 Å². The van der Waals surface area contributed by atoms with Gasteiger partial charge in [-0.2, -0.15) is 0 Å². The molecule has 0 aliphatic carbocycles. The summed E-state index contributed by atoms with van der Waals surface area (Å²) in [5, 5.41) is 9.54. The first-order valence-electron chi connectivity index (χ1n) is 21.2. The zero-order valence-corrected chi connectivity index (χ0v) is 33.9. The Morgan fingerprint density at radius 2 is 0.758 bits per heavy atom. The average molecular weight is 790 g/mol. The topological polar surface area (TPSA) is 16.4 Å². The minimum absolute atomic E-state index is 0.889. The molecule has 1 heterocycles. The number of rotatable bonds is 7. The van der Waals surface area contributed by atoms with Crippen molar-refractivity contribution in [2.75, 3.05) is 4.90 Å². The highest BCUT2D eigenvalue weighted by atomic mass is 16.3. The van der Waals surface area contributed by atoms with Crippen LogP contribution < -0.4 is 4.90 Å². The lowest BCUT2D eigenvalue weighted by molar-refractivity contribution is 0.673. The standard InChI is InChI=1S/C60H39NO/c1-3-13-46-36-49(28-26-40(46)10-1)44-24-22-42(23-25-44)43-30-33-52(34-31-43)61(53-17-7-15-48(38-53)50-29-27-41-11-2-4-14-47(41)37-50)54-18-8-16-51(39-54)55-20-9-21-58-59(55)57-35-32-45-12-5-6-19-56(45)60(57)62-58/h1-39H. The van der Waals surface area contributed by atoms with E-state index in [-0.39, 0.29) is 0 Å². The van der Waals surface area contributed by atoms with Crippen molar-refractivity contribution in [3.05, 3.63) is 237 Å². The lowest BCUT2D eigenvalue weighted by Gasteiger charge is -2.27. The molecule has 0 radical (unpaired) electrons. The van der Waals surface area contributed by atoms with Crippen LogP contribution in [0, 0.1) is 0 Å². The van der Waals surface area contributed by atoms with Crippen molar-refractivity contribution in [3.8, 4) is 44.5 Å². The number of anilines is 3. The van der Waals surface area contributed by atoms with E-state index in [2.05, 4.69) is 241 Å². The molecular weight excluding hydrogens is 751 g/mol. The molecule has 0 N–H and O–H groups in total. The molecule has 0 spiro atoms. The van der Waals surface area contributed by atoms with Gasteiger partial charge in [-0.25, -0.2) is 0 Å². The molecule has 0 amide bonds. The molecule has 0 saturated heterocycles. The first-order chi connectivity index (χ1) is 30.7. The second-order valence-corrected chi connectivity index (χ2v) is 16.1. The minimum Gasteiger partial charge on any atom is -0.455 e. The van der Waals surface area contributed by atoms with Crippen molar-refractivity contribution in [1.29, 1.82) is 0 Å². The SMILES string of the molecule is c1cc(-c2ccc3ccccc3c2)cc(N(c2ccc(-c3ccc(-c4ccc5ccccc5c4)cc3)cc2)c2cccc(-c3cccc4oc5c6ccccc6ccc5c34)c2)c1. The van der Waals surface area contributed by atoms with Crippen molar-refractivity contribution in [2.24, 2.45) is 0 Å². The number of fused-ring (bicyclic) bond motifs is 7. The summed E-state index contributed by atoms with van der Waals surface area (Å²) in [4.78, 5) is 2.38. The van der Waals surface area contributed by atoms with E-state index in [4.69, 9.17) is 4.42 Å². The predicted octanol–water partition coefficient (Wildman–Crippen LogP) is 17.2. The van der Waals surface area contributed by atoms with Crippen LogP contribution in [0.15, 0.2) is 241 Å². The summed E-state index contributed by atoms with van der Waals surface area (Å²) in [6.07, 6.45) is 0. The molecule has 0 bridgehead atoms. The molecular formula is C60H39NO. The second-order valence-electron chi connectivity index (χ2n) is 16.1. The van der Waals surface area contributed by atoms with Crippen LogP contribution in [0.25, 0.3) is 98.8 Å². The Labute approximate surface area is 360 Å². The molecule has 0 atom stereocenters. The summed E-state index contributed by atoms with van der Waals surface area (Å²) in [5.41, 5.74) is 14.5. The highest BCUT2D eigenvalue weighted by Crippen LogP contribution is 2.43. The molecule has 12 aromatic rings. The Morgan fingerprint density at radius 3 is 1.44 bits per heavy atom. The number of nitrogens with zero attached hydrogens (tertiary/aromatic N) is 1. The van der Waals surface area contributed by atoms with Crippen LogP contribution in [0.4, 0.5) is 17.1 Å².